The number of rotatable bonds is 3. The molecule has 5 heteroatoms. The number of hydrogen-bond donors (Lipinski definition) is 0. The summed E-state index contributed by atoms with van der Waals surface area (Å²) >= 11 is 0. The van der Waals surface area contributed by atoms with E-state index in [-0.39, 0.29) is 5.82 Å². The van der Waals surface area contributed by atoms with Gasteiger partial charge < -0.3 is 0 Å². The van der Waals surface area contributed by atoms with E-state index in [2.05, 4.69) is 10.2 Å². The second-order valence-corrected chi connectivity index (χ2v) is 4.87. The average Bonchev–Trinajstić information content (AvgIpc) is 3.03. The SMILES string of the molecule is Cc1ccc(-c2cnn(Cc3ccn(C)n3)c2)cc1F. The van der Waals surface area contributed by atoms with Gasteiger partial charge in [0.2, 0.25) is 0 Å². The maximum absolute atomic E-state index is 13.6. The van der Waals surface area contributed by atoms with Crippen LogP contribution in [0.5, 0.6) is 0 Å². The molecule has 3 aromatic rings. The van der Waals surface area contributed by atoms with Crippen molar-refractivity contribution in [2.45, 2.75) is 13.5 Å². The molecule has 0 radical (unpaired) electrons. The Hall–Kier alpha value is -2.43. The number of aromatic nitrogens is 4. The van der Waals surface area contributed by atoms with Gasteiger partial charge in [-0.3, -0.25) is 9.36 Å². The summed E-state index contributed by atoms with van der Waals surface area (Å²) in [6.07, 6.45) is 5.54. The van der Waals surface area contributed by atoms with Crippen LogP contribution in [0.3, 0.4) is 0 Å². The minimum absolute atomic E-state index is 0.194. The summed E-state index contributed by atoms with van der Waals surface area (Å²) in [7, 11) is 1.88. The van der Waals surface area contributed by atoms with Gasteiger partial charge in [-0.25, -0.2) is 4.39 Å². The number of hydrogen-bond acceptors (Lipinski definition) is 2. The zero-order chi connectivity index (χ0) is 14.1. The number of nitrogens with zero attached hydrogens (tertiary/aromatic N) is 4. The van der Waals surface area contributed by atoms with Crippen molar-refractivity contribution in [2.75, 3.05) is 0 Å². The van der Waals surface area contributed by atoms with Crippen LogP contribution in [-0.2, 0) is 13.6 Å². The summed E-state index contributed by atoms with van der Waals surface area (Å²) in [5.41, 5.74) is 3.33. The van der Waals surface area contributed by atoms with Crippen molar-refractivity contribution in [1.29, 1.82) is 0 Å². The Balaban J connectivity index is 1.84. The number of benzene rings is 1. The number of halogens is 1. The molecule has 0 saturated heterocycles. The predicted molar refractivity (Wildman–Crippen MR) is 74.7 cm³/mol. The Morgan fingerprint density at radius 3 is 2.75 bits per heavy atom. The lowest BCUT2D eigenvalue weighted by Gasteiger charge is -2.00. The highest BCUT2D eigenvalue weighted by Gasteiger charge is 2.06. The zero-order valence-electron chi connectivity index (χ0n) is 11.4. The van der Waals surface area contributed by atoms with E-state index in [1.54, 1.807) is 28.6 Å². The highest BCUT2D eigenvalue weighted by Crippen LogP contribution is 2.21. The minimum Gasteiger partial charge on any atom is -0.275 e. The molecular weight excluding hydrogens is 255 g/mol. The highest BCUT2D eigenvalue weighted by molar-refractivity contribution is 5.62. The third kappa shape index (κ3) is 2.47. The molecule has 2 heterocycles. The molecule has 0 fully saturated rings. The van der Waals surface area contributed by atoms with Gasteiger partial charge in [0.1, 0.15) is 5.82 Å². The molecule has 20 heavy (non-hydrogen) atoms. The van der Waals surface area contributed by atoms with Crippen LogP contribution in [0.15, 0.2) is 42.9 Å². The normalized spacial score (nSPS) is 10.9. The van der Waals surface area contributed by atoms with Gasteiger partial charge in [-0.2, -0.15) is 10.2 Å². The molecule has 0 aliphatic rings. The van der Waals surface area contributed by atoms with Gasteiger partial charge >= 0.3 is 0 Å². The largest absolute Gasteiger partial charge is 0.275 e. The fourth-order valence-electron chi connectivity index (χ4n) is 2.09. The Labute approximate surface area is 116 Å². The predicted octanol–water partition coefficient (Wildman–Crippen LogP) is 2.78. The molecule has 0 aliphatic carbocycles. The van der Waals surface area contributed by atoms with Gasteiger partial charge in [0.15, 0.2) is 0 Å². The van der Waals surface area contributed by atoms with Crippen molar-refractivity contribution >= 4 is 0 Å². The topological polar surface area (TPSA) is 35.6 Å². The summed E-state index contributed by atoms with van der Waals surface area (Å²) in [5.74, 6) is -0.194. The lowest BCUT2D eigenvalue weighted by molar-refractivity contribution is 0.619. The molecule has 0 spiro atoms. The Morgan fingerprint density at radius 2 is 2.05 bits per heavy atom. The summed E-state index contributed by atoms with van der Waals surface area (Å²) in [6.45, 7) is 2.36. The van der Waals surface area contributed by atoms with Crippen molar-refractivity contribution in [1.82, 2.24) is 19.6 Å². The maximum Gasteiger partial charge on any atom is 0.126 e. The smallest absolute Gasteiger partial charge is 0.126 e. The van der Waals surface area contributed by atoms with Crippen molar-refractivity contribution in [3.8, 4) is 11.1 Å². The summed E-state index contributed by atoms with van der Waals surface area (Å²) < 4.78 is 17.1. The Morgan fingerprint density at radius 1 is 1.20 bits per heavy atom. The molecule has 1 aromatic carbocycles. The Bertz CT molecular complexity index is 742. The molecule has 3 rings (SSSR count). The van der Waals surface area contributed by atoms with E-state index < -0.39 is 0 Å². The van der Waals surface area contributed by atoms with Crippen LogP contribution in [0.25, 0.3) is 11.1 Å². The molecule has 4 nitrogen and oxygen atoms in total. The fourth-order valence-corrected chi connectivity index (χ4v) is 2.09. The second-order valence-electron chi connectivity index (χ2n) is 4.87. The molecule has 0 unspecified atom stereocenters. The van der Waals surface area contributed by atoms with Crippen LogP contribution in [0.4, 0.5) is 4.39 Å². The van der Waals surface area contributed by atoms with Gasteiger partial charge in [0, 0.05) is 25.0 Å². The molecule has 0 N–H and O–H groups in total. The molecule has 0 bridgehead atoms. The third-order valence-corrected chi connectivity index (χ3v) is 3.23. The van der Waals surface area contributed by atoms with E-state index in [1.807, 2.05) is 31.6 Å². The van der Waals surface area contributed by atoms with Gasteiger partial charge in [-0.1, -0.05) is 12.1 Å². The van der Waals surface area contributed by atoms with Crippen LogP contribution in [0, 0.1) is 12.7 Å². The van der Waals surface area contributed by atoms with Gasteiger partial charge in [0.25, 0.3) is 0 Å². The van der Waals surface area contributed by atoms with E-state index >= 15 is 0 Å². The monoisotopic (exact) mass is 270 g/mol. The standard InChI is InChI=1S/C15H15FN4/c1-11-3-4-12(7-15(11)16)13-8-17-20(9-13)10-14-5-6-19(2)18-14/h3-9H,10H2,1-2H3. The lowest BCUT2D eigenvalue weighted by atomic mass is 10.1. The first kappa shape index (κ1) is 12.6. The van der Waals surface area contributed by atoms with Gasteiger partial charge in [0.05, 0.1) is 18.4 Å². The van der Waals surface area contributed by atoms with Crippen LogP contribution in [0.1, 0.15) is 11.3 Å². The van der Waals surface area contributed by atoms with Gasteiger partial charge in [-0.05, 0) is 30.2 Å². The van der Waals surface area contributed by atoms with Crippen molar-refractivity contribution in [3.05, 3.63) is 59.9 Å². The molecular formula is C15H15FN4. The Kier molecular flexibility index (Phi) is 3.10. The summed E-state index contributed by atoms with van der Waals surface area (Å²) in [4.78, 5) is 0. The second kappa shape index (κ2) is 4.92. The van der Waals surface area contributed by atoms with E-state index in [0.717, 1.165) is 16.8 Å². The van der Waals surface area contributed by atoms with Crippen molar-refractivity contribution < 1.29 is 4.39 Å². The lowest BCUT2D eigenvalue weighted by Crippen LogP contribution is -2.01. The third-order valence-electron chi connectivity index (χ3n) is 3.23. The number of aryl methyl sites for hydroxylation is 2. The van der Waals surface area contributed by atoms with E-state index in [1.165, 1.54) is 6.07 Å². The maximum atomic E-state index is 13.6. The van der Waals surface area contributed by atoms with Crippen molar-refractivity contribution in [3.63, 3.8) is 0 Å². The first-order valence-corrected chi connectivity index (χ1v) is 6.39. The minimum atomic E-state index is -0.194. The first-order chi connectivity index (χ1) is 9.61. The van der Waals surface area contributed by atoms with Crippen LogP contribution >= 0.6 is 0 Å². The average molecular weight is 270 g/mol. The summed E-state index contributed by atoms with van der Waals surface area (Å²) in [6, 6.07) is 7.17. The van der Waals surface area contributed by atoms with Crippen LogP contribution in [-0.4, -0.2) is 19.6 Å². The molecule has 102 valence electrons. The van der Waals surface area contributed by atoms with Crippen molar-refractivity contribution in [2.24, 2.45) is 7.05 Å². The van der Waals surface area contributed by atoms with Crippen LogP contribution < -0.4 is 0 Å². The summed E-state index contributed by atoms with van der Waals surface area (Å²) in [5, 5.41) is 8.60. The molecule has 0 aliphatic heterocycles. The molecule has 0 atom stereocenters. The zero-order valence-corrected chi connectivity index (χ0v) is 11.4. The van der Waals surface area contributed by atoms with E-state index in [4.69, 9.17) is 0 Å². The molecule has 2 aromatic heterocycles. The van der Waals surface area contributed by atoms with E-state index in [9.17, 15) is 4.39 Å². The fraction of sp³-hybridized carbons (Fsp3) is 0.200. The van der Waals surface area contributed by atoms with E-state index in [0.29, 0.717) is 12.1 Å². The molecule has 0 amide bonds. The van der Waals surface area contributed by atoms with Gasteiger partial charge in [-0.15, -0.1) is 0 Å². The highest BCUT2D eigenvalue weighted by atomic mass is 19.1. The first-order valence-electron chi connectivity index (χ1n) is 6.39. The quantitative estimate of drug-likeness (QED) is 0.733. The molecule has 0 saturated carbocycles. The van der Waals surface area contributed by atoms with Crippen LogP contribution in [0.2, 0.25) is 0 Å².